The highest BCUT2D eigenvalue weighted by Crippen LogP contribution is 2.51. The van der Waals surface area contributed by atoms with Gasteiger partial charge in [-0.2, -0.15) is 30.6 Å². The third-order valence-electron chi connectivity index (χ3n) is 5.96. The molecular formula is C26H25F6NO5S3. The molecule has 1 aliphatic heterocycles. The van der Waals surface area contributed by atoms with E-state index in [1.54, 1.807) is 0 Å². The van der Waals surface area contributed by atoms with Gasteiger partial charge < -0.3 is 4.55 Å². The standard InChI is InChI=1S/C18H15S.C8H11F6NO5S2/c1-4-10-16(11-5-1)19(17-12-6-2-7-13-17)18-14-8-3-9-15-18;9-6(10,8(13,14)22(18,19)20)7(11,12)21(16,17)15-4-2-1-3-5-15/h1-15H;1-5H2,(H,18,19,20)/q+1;/p-1. The lowest BCUT2D eigenvalue weighted by Crippen LogP contribution is -2.63. The van der Waals surface area contributed by atoms with Crippen LogP contribution in [0.1, 0.15) is 19.3 Å². The van der Waals surface area contributed by atoms with Crippen LogP contribution in [0, 0.1) is 0 Å². The summed E-state index contributed by atoms with van der Waals surface area (Å²) in [5, 5.41) is -13.3. The summed E-state index contributed by atoms with van der Waals surface area (Å²) in [6.07, 6.45) is 0.493. The Kier molecular flexibility index (Phi) is 10.2. The van der Waals surface area contributed by atoms with Crippen molar-refractivity contribution >= 4 is 31.0 Å². The first-order valence-electron chi connectivity index (χ1n) is 12.0. The first-order chi connectivity index (χ1) is 19.1. The molecule has 15 heteroatoms. The average Bonchev–Trinajstić information content (AvgIpc) is 2.95. The summed E-state index contributed by atoms with van der Waals surface area (Å²) in [5.41, 5.74) is 0. The van der Waals surface area contributed by atoms with Gasteiger partial charge in [-0.1, -0.05) is 61.0 Å². The molecule has 0 radical (unpaired) electrons. The number of sulfonamides is 1. The molecule has 0 N–H and O–H groups in total. The molecule has 0 saturated carbocycles. The smallest absolute Gasteiger partial charge is 0.428 e. The summed E-state index contributed by atoms with van der Waals surface area (Å²) in [5.74, 6) is -6.93. The van der Waals surface area contributed by atoms with Crippen molar-refractivity contribution in [3.8, 4) is 0 Å². The van der Waals surface area contributed by atoms with Gasteiger partial charge in [0.15, 0.2) is 24.8 Å². The molecule has 0 amide bonds. The third kappa shape index (κ3) is 6.74. The Hall–Kier alpha value is -2.59. The van der Waals surface area contributed by atoms with E-state index in [2.05, 4.69) is 91.0 Å². The zero-order valence-electron chi connectivity index (χ0n) is 21.2. The SMILES string of the molecule is O=S(=O)([O-])C(F)(F)C(F)(F)C(F)(F)S(=O)(=O)N1CCCCC1.c1ccc([S+](c2ccccc2)c2ccccc2)cc1. The highest BCUT2D eigenvalue weighted by molar-refractivity contribution is 7.97. The van der Waals surface area contributed by atoms with E-state index in [-0.39, 0.29) is 28.0 Å². The highest BCUT2D eigenvalue weighted by Gasteiger charge is 2.80. The van der Waals surface area contributed by atoms with Crippen molar-refractivity contribution in [1.82, 2.24) is 4.31 Å². The minimum absolute atomic E-state index is 0.0146. The number of benzene rings is 3. The largest absolute Gasteiger partial charge is 0.743 e. The summed E-state index contributed by atoms with van der Waals surface area (Å²) < 4.78 is 133. The Morgan fingerprint density at radius 3 is 1.24 bits per heavy atom. The van der Waals surface area contributed by atoms with E-state index in [9.17, 15) is 47.7 Å². The average molecular weight is 642 g/mol. The maximum Gasteiger partial charge on any atom is 0.428 e. The molecule has 0 aliphatic carbocycles. The van der Waals surface area contributed by atoms with E-state index in [0.29, 0.717) is 6.42 Å². The molecule has 3 aromatic carbocycles. The van der Waals surface area contributed by atoms with Crippen LogP contribution < -0.4 is 0 Å². The molecular weight excluding hydrogens is 616 g/mol. The first-order valence-corrected chi connectivity index (χ1v) is 16.1. The van der Waals surface area contributed by atoms with Crippen LogP contribution in [0.2, 0.25) is 0 Å². The fraction of sp³-hybridized carbons (Fsp3) is 0.308. The quantitative estimate of drug-likeness (QED) is 0.172. The molecule has 4 rings (SSSR count). The summed E-state index contributed by atoms with van der Waals surface area (Å²) in [6.45, 7) is -1.21. The van der Waals surface area contributed by atoms with Gasteiger partial charge in [0, 0.05) is 13.1 Å². The molecule has 1 heterocycles. The molecule has 1 aliphatic rings. The summed E-state index contributed by atoms with van der Waals surface area (Å²) in [6, 6.07) is 32.2. The second kappa shape index (κ2) is 12.7. The van der Waals surface area contributed by atoms with Crippen LogP contribution in [0.25, 0.3) is 0 Å². The van der Waals surface area contributed by atoms with Crippen molar-refractivity contribution in [2.45, 2.75) is 50.4 Å². The van der Waals surface area contributed by atoms with Crippen molar-refractivity contribution < 1.29 is 47.7 Å². The lowest BCUT2D eigenvalue weighted by atomic mass is 10.2. The van der Waals surface area contributed by atoms with Gasteiger partial charge in [-0.3, -0.25) is 0 Å². The molecule has 0 atom stereocenters. The summed E-state index contributed by atoms with van der Waals surface area (Å²) in [7, 11) is -13.5. The van der Waals surface area contributed by atoms with Crippen molar-refractivity contribution in [2.24, 2.45) is 0 Å². The van der Waals surface area contributed by atoms with Gasteiger partial charge in [0.1, 0.15) is 0 Å². The minimum Gasteiger partial charge on any atom is -0.743 e. The Morgan fingerprint density at radius 1 is 0.585 bits per heavy atom. The van der Waals surface area contributed by atoms with Crippen LogP contribution in [0.4, 0.5) is 26.3 Å². The van der Waals surface area contributed by atoms with E-state index in [1.165, 1.54) is 14.7 Å². The lowest BCUT2D eigenvalue weighted by molar-refractivity contribution is -0.247. The van der Waals surface area contributed by atoms with Gasteiger partial charge in [0.05, 0.1) is 10.9 Å². The molecule has 0 aromatic heterocycles. The molecule has 41 heavy (non-hydrogen) atoms. The Balaban J connectivity index is 0.000000227. The van der Waals surface area contributed by atoms with Crippen LogP contribution in [-0.4, -0.2) is 55.2 Å². The van der Waals surface area contributed by atoms with Gasteiger partial charge >= 0.3 is 16.4 Å². The maximum atomic E-state index is 13.5. The van der Waals surface area contributed by atoms with Gasteiger partial charge in [0.2, 0.25) is 0 Å². The third-order valence-corrected chi connectivity index (χ3v) is 11.0. The second-order valence-corrected chi connectivity index (χ2v) is 14.2. The Bertz CT molecular complexity index is 1390. The topological polar surface area (TPSA) is 94.6 Å². The highest BCUT2D eigenvalue weighted by atomic mass is 32.2. The van der Waals surface area contributed by atoms with Crippen molar-refractivity contribution in [1.29, 1.82) is 0 Å². The fourth-order valence-electron chi connectivity index (χ4n) is 3.83. The number of alkyl halides is 6. The predicted octanol–water partition coefficient (Wildman–Crippen LogP) is 5.95. The zero-order chi connectivity index (χ0) is 30.5. The van der Waals surface area contributed by atoms with Gasteiger partial charge in [-0.25, -0.2) is 16.8 Å². The van der Waals surface area contributed by atoms with Crippen molar-refractivity contribution in [2.75, 3.05) is 13.1 Å². The number of hydrogen-bond donors (Lipinski definition) is 0. The molecule has 0 bridgehead atoms. The first kappa shape index (κ1) is 32.9. The number of rotatable bonds is 8. The Labute approximate surface area is 237 Å². The van der Waals surface area contributed by atoms with E-state index in [0.717, 1.165) is 0 Å². The molecule has 224 valence electrons. The van der Waals surface area contributed by atoms with Gasteiger partial charge in [0.25, 0.3) is 10.0 Å². The molecule has 0 unspecified atom stereocenters. The van der Waals surface area contributed by atoms with E-state index in [1.807, 2.05) is 0 Å². The van der Waals surface area contributed by atoms with Crippen molar-refractivity contribution in [3.63, 3.8) is 0 Å². The molecule has 1 saturated heterocycles. The van der Waals surface area contributed by atoms with E-state index in [4.69, 9.17) is 0 Å². The molecule has 1 fully saturated rings. The zero-order valence-corrected chi connectivity index (χ0v) is 23.6. The predicted molar refractivity (Wildman–Crippen MR) is 140 cm³/mol. The number of halogens is 6. The van der Waals surface area contributed by atoms with Crippen LogP contribution in [0.3, 0.4) is 0 Å². The lowest BCUT2D eigenvalue weighted by Gasteiger charge is -2.36. The fourth-order valence-corrected chi connectivity index (χ4v) is 7.96. The number of nitrogens with zero attached hydrogens (tertiary/aromatic N) is 1. The van der Waals surface area contributed by atoms with Crippen LogP contribution in [-0.2, 0) is 31.0 Å². The maximum absolute atomic E-state index is 13.5. The Morgan fingerprint density at radius 2 is 0.927 bits per heavy atom. The van der Waals surface area contributed by atoms with E-state index >= 15 is 0 Å². The normalized spacial score (nSPS) is 15.7. The van der Waals surface area contributed by atoms with Crippen molar-refractivity contribution in [3.05, 3.63) is 91.0 Å². The molecule has 3 aromatic rings. The van der Waals surface area contributed by atoms with Crippen LogP contribution >= 0.6 is 0 Å². The summed E-state index contributed by atoms with van der Waals surface area (Å²) in [4.78, 5) is 4.08. The van der Waals surface area contributed by atoms with Gasteiger partial charge in [-0.05, 0) is 49.2 Å². The van der Waals surface area contributed by atoms with Gasteiger partial charge in [-0.15, -0.1) is 0 Å². The van der Waals surface area contributed by atoms with E-state index < -0.39 is 49.7 Å². The number of piperidine rings is 1. The minimum atomic E-state index is -7.23. The second-order valence-electron chi connectivity index (χ2n) is 8.77. The summed E-state index contributed by atoms with van der Waals surface area (Å²) >= 11 is 0. The van der Waals surface area contributed by atoms with Crippen LogP contribution in [0.15, 0.2) is 106 Å². The molecule has 6 nitrogen and oxygen atoms in total. The van der Waals surface area contributed by atoms with Crippen LogP contribution in [0.5, 0.6) is 0 Å². The number of hydrogen-bond acceptors (Lipinski definition) is 5. The monoisotopic (exact) mass is 641 g/mol. The molecule has 0 spiro atoms.